The summed E-state index contributed by atoms with van der Waals surface area (Å²) in [6, 6.07) is 0. The molecule has 0 aromatic carbocycles. The van der Waals surface area contributed by atoms with Crippen molar-refractivity contribution in [1.29, 1.82) is 0 Å². The average Bonchev–Trinajstić information content (AvgIpc) is 2.25. The molecule has 0 aromatic rings. The van der Waals surface area contributed by atoms with Gasteiger partial charge in [0.15, 0.2) is 0 Å². The molecule has 0 unspecified atom stereocenters. The summed E-state index contributed by atoms with van der Waals surface area (Å²) in [6.45, 7) is 3.54. The molecule has 0 atom stereocenters. The van der Waals surface area contributed by atoms with Crippen LogP contribution in [0.3, 0.4) is 0 Å². The molecule has 1 aliphatic rings. The van der Waals surface area contributed by atoms with Gasteiger partial charge in [0, 0.05) is 24.6 Å². The fourth-order valence-corrected chi connectivity index (χ4v) is 4.52. The van der Waals surface area contributed by atoms with Gasteiger partial charge in [-0.15, -0.1) is 0 Å². The van der Waals surface area contributed by atoms with Crippen molar-refractivity contribution in [2.45, 2.75) is 0 Å². The SMILES string of the molecule is CSCCSSC(=S)N1CCOCC1. The molecule has 0 radical (unpaired) electrons. The third-order valence-electron chi connectivity index (χ3n) is 1.77. The molecular weight excluding hydrogens is 254 g/mol. The van der Waals surface area contributed by atoms with Crippen LogP contribution < -0.4 is 0 Å². The molecule has 0 aromatic heterocycles. The van der Waals surface area contributed by atoms with E-state index in [1.54, 1.807) is 10.8 Å². The van der Waals surface area contributed by atoms with Crippen molar-refractivity contribution >= 4 is 49.9 Å². The zero-order valence-corrected chi connectivity index (χ0v) is 11.5. The van der Waals surface area contributed by atoms with Crippen LogP contribution in [0, 0.1) is 0 Å². The van der Waals surface area contributed by atoms with Crippen LogP contribution in [0.4, 0.5) is 0 Å². The predicted molar refractivity (Wildman–Crippen MR) is 73.4 cm³/mol. The molecule has 82 valence electrons. The number of hydrogen-bond donors (Lipinski definition) is 0. The molecule has 0 bridgehead atoms. The lowest BCUT2D eigenvalue weighted by molar-refractivity contribution is 0.0703. The lowest BCUT2D eigenvalue weighted by Crippen LogP contribution is -2.38. The Labute approximate surface area is 103 Å². The van der Waals surface area contributed by atoms with Crippen molar-refractivity contribution < 1.29 is 4.74 Å². The first kappa shape index (κ1) is 13.0. The van der Waals surface area contributed by atoms with Gasteiger partial charge in [0.05, 0.1) is 13.2 Å². The van der Waals surface area contributed by atoms with Gasteiger partial charge < -0.3 is 9.64 Å². The van der Waals surface area contributed by atoms with Crippen molar-refractivity contribution in [3.05, 3.63) is 0 Å². The quantitative estimate of drug-likeness (QED) is 0.438. The molecule has 2 nitrogen and oxygen atoms in total. The van der Waals surface area contributed by atoms with Crippen LogP contribution in [0.5, 0.6) is 0 Å². The molecule has 1 rings (SSSR count). The minimum atomic E-state index is 0.816. The molecule has 0 spiro atoms. The molecule has 1 aliphatic heterocycles. The first-order chi connectivity index (χ1) is 6.84. The minimum absolute atomic E-state index is 0.816. The van der Waals surface area contributed by atoms with Crippen LogP contribution in [-0.2, 0) is 4.74 Å². The number of ether oxygens (including phenoxy) is 1. The maximum Gasteiger partial charge on any atom is 0.147 e. The Morgan fingerprint density at radius 3 is 2.71 bits per heavy atom. The molecule has 6 heteroatoms. The van der Waals surface area contributed by atoms with Crippen molar-refractivity contribution in [2.24, 2.45) is 0 Å². The van der Waals surface area contributed by atoms with Crippen molar-refractivity contribution in [3.8, 4) is 0 Å². The van der Waals surface area contributed by atoms with E-state index in [1.807, 2.05) is 22.6 Å². The zero-order valence-electron chi connectivity index (χ0n) is 8.23. The maximum atomic E-state index is 5.33. The van der Waals surface area contributed by atoms with Gasteiger partial charge in [-0.2, -0.15) is 11.8 Å². The highest BCUT2D eigenvalue weighted by molar-refractivity contribution is 8.83. The fourth-order valence-electron chi connectivity index (χ4n) is 1.01. The van der Waals surface area contributed by atoms with E-state index in [2.05, 4.69) is 11.2 Å². The van der Waals surface area contributed by atoms with E-state index in [4.69, 9.17) is 17.0 Å². The fraction of sp³-hybridized carbons (Fsp3) is 0.875. The summed E-state index contributed by atoms with van der Waals surface area (Å²) >= 11 is 7.21. The Hall–Kier alpha value is 0.900. The predicted octanol–water partition coefficient (Wildman–Crippen LogP) is 2.35. The molecule has 0 aliphatic carbocycles. The standard InChI is InChI=1S/C8H15NOS4/c1-12-6-7-13-14-8(11)9-2-4-10-5-3-9/h2-7H2,1H3. The van der Waals surface area contributed by atoms with Gasteiger partial charge >= 0.3 is 0 Å². The van der Waals surface area contributed by atoms with E-state index in [9.17, 15) is 0 Å². The Morgan fingerprint density at radius 1 is 1.36 bits per heavy atom. The van der Waals surface area contributed by atoms with E-state index in [-0.39, 0.29) is 0 Å². The Morgan fingerprint density at radius 2 is 2.07 bits per heavy atom. The number of morpholine rings is 1. The third-order valence-corrected chi connectivity index (χ3v) is 5.68. The van der Waals surface area contributed by atoms with Crippen LogP contribution >= 0.6 is 45.6 Å². The maximum absolute atomic E-state index is 5.33. The second-order valence-corrected chi connectivity index (χ2v) is 6.80. The summed E-state index contributed by atoms with van der Waals surface area (Å²) in [5, 5.41) is 0. The van der Waals surface area contributed by atoms with Crippen molar-refractivity contribution in [1.82, 2.24) is 4.90 Å². The number of rotatable bonds is 4. The van der Waals surface area contributed by atoms with E-state index in [0.29, 0.717) is 0 Å². The lowest BCUT2D eigenvalue weighted by atomic mass is 10.5. The number of thioether (sulfide) groups is 1. The highest BCUT2D eigenvalue weighted by Gasteiger charge is 2.13. The molecule has 1 heterocycles. The van der Waals surface area contributed by atoms with Gasteiger partial charge in [-0.1, -0.05) is 23.0 Å². The molecule has 1 fully saturated rings. The minimum Gasteiger partial charge on any atom is -0.378 e. The van der Waals surface area contributed by atoms with Gasteiger partial charge in [-0.25, -0.2) is 0 Å². The lowest BCUT2D eigenvalue weighted by Gasteiger charge is -2.28. The number of thiocarbonyl (C=S) groups is 1. The molecule has 14 heavy (non-hydrogen) atoms. The number of hydrogen-bond acceptors (Lipinski definition) is 5. The second kappa shape index (κ2) is 8.10. The highest BCUT2D eigenvalue weighted by Crippen LogP contribution is 2.25. The average molecular weight is 269 g/mol. The van der Waals surface area contributed by atoms with Crippen LogP contribution in [-0.4, -0.2) is 53.3 Å². The summed E-state index contributed by atoms with van der Waals surface area (Å²) in [5.74, 6) is 2.36. The van der Waals surface area contributed by atoms with Crippen molar-refractivity contribution in [3.63, 3.8) is 0 Å². The summed E-state index contributed by atoms with van der Waals surface area (Å²) in [5.41, 5.74) is 0. The van der Waals surface area contributed by atoms with Crippen LogP contribution in [0.2, 0.25) is 0 Å². The smallest absolute Gasteiger partial charge is 0.147 e. The molecule has 0 amide bonds. The van der Waals surface area contributed by atoms with E-state index < -0.39 is 0 Å². The van der Waals surface area contributed by atoms with Gasteiger partial charge in [-0.3, -0.25) is 0 Å². The monoisotopic (exact) mass is 269 g/mol. The number of nitrogens with zero attached hydrogens (tertiary/aromatic N) is 1. The van der Waals surface area contributed by atoms with Gasteiger partial charge in [-0.05, 0) is 17.0 Å². The Bertz CT molecular complexity index is 173. The normalized spacial score (nSPS) is 17.1. The van der Waals surface area contributed by atoms with E-state index in [1.165, 1.54) is 5.75 Å². The molecule has 1 saturated heterocycles. The van der Waals surface area contributed by atoms with Crippen LogP contribution in [0.1, 0.15) is 0 Å². The molecule has 0 saturated carbocycles. The Balaban J connectivity index is 2.07. The van der Waals surface area contributed by atoms with E-state index >= 15 is 0 Å². The van der Waals surface area contributed by atoms with Gasteiger partial charge in [0.1, 0.15) is 4.32 Å². The summed E-state index contributed by atoms with van der Waals surface area (Å²) in [7, 11) is 3.58. The third kappa shape index (κ3) is 5.11. The molecule has 0 N–H and O–H groups in total. The van der Waals surface area contributed by atoms with Gasteiger partial charge in [0.2, 0.25) is 0 Å². The van der Waals surface area contributed by atoms with Crippen molar-refractivity contribution in [2.75, 3.05) is 44.1 Å². The summed E-state index contributed by atoms with van der Waals surface area (Å²) < 4.78 is 6.29. The van der Waals surface area contributed by atoms with Gasteiger partial charge in [0.25, 0.3) is 0 Å². The first-order valence-electron chi connectivity index (χ1n) is 4.49. The largest absolute Gasteiger partial charge is 0.378 e. The van der Waals surface area contributed by atoms with Crippen LogP contribution in [0.25, 0.3) is 0 Å². The first-order valence-corrected chi connectivity index (χ1v) is 8.61. The van der Waals surface area contributed by atoms with E-state index in [0.717, 1.165) is 36.4 Å². The summed E-state index contributed by atoms with van der Waals surface area (Å²) in [6.07, 6.45) is 2.13. The highest BCUT2D eigenvalue weighted by atomic mass is 33.1. The Kier molecular flexibility index (Phi) is 7.50. The van der Waals surface area contributed by atoms with Crippen LogP contribution in [0.15, 0.2) is 0 Å². The zero-order chi connectivity index (χ0) is 10.2. The second-order valence-electron chi connectivity index (χ2n) is 2.76. The summed E-state index contributed by atoms with van der Waals surface area (Å²) in [4.78, 5) is 2.23. The topological polar surface area (TPSA) is 12.5 Å². The molecular formula is C8H15NOS4.